The quantitative estimate of drug-likeness (QED) is 0.371. The zero-order chi connectivity index (χ0) is 15.2. The average Bonchev–Trinajstić information content (AvgIpc) is 1.95. The van der Waals surface area contributed by atoms with Crippen molar-refractivity contribution in [2.45, 2.75) is 23.9 Å². The van der Waals surface area contributed by atoms with Gasteiger partial charge in [0, 0.05) is 0 Å². The normalized spacial score (nSPS) is 15.1. The molecule has 0 N–H and O–H groups in total. The summed E-state index contributed by atoms with van der Waals surface area (Å²) in [5, 5.41) is 0. The van der Waals surface area contributed by atoms with Gasteiger partial charge in [0.15, 0.2) is 0 Å². The third-order valence-corrected chi connectivity index (χ3v) is 2.28. The second-order valence-corrected chi connectivity index (χ2v) is 4.46. The first kappa shape index (κ1) is 22.2. The Morgan fingerprint density at radius 1 is 0.789 bits per heavy atom. The number of rotatable bonds is 4. The van der Waals surface area contributed by atoms with Crippen molar-refractivity contribution in [2.24, 2.45) is 0 Å². The van der Waals surface area contributed by atoms with Gasteiger partial charge >= 0.3 is 75.3 Å². The summed E-state index contributed by atoms with van der Waals surface area (Å²) in [6, 6.07) is 0. The maximum Gasteiger partial charge on any atom is 1.00 e. The molecule has 19 heavy (non-hydrogen) atoms. The van der Waals surface area contributed by atoms with E-state index in [1.54, 1.807) is 0 Å². The van der Waals surface area contributed by atoms with Crippen LogP contribution in [0.25, 0.3) is 0 Å². The molecule has 0 radical (unpaired) electrons. The predicted octanol–water partition coefficient (Wildman–Crippen LogP) is -0.996. The van der Waals surface area contributed by atoms with Gasteiger partial charge in [-0.2, -0.15) is 39.5 Å². The third kappa shape index (κ3) is 4.71. The summed E-state index contributed by atoms with van der Waals surface area (Å²) in [6.45, 7) is 0. The van der Waals surface area contributed by atoms with E-state index in [1.165, 1.54) is 0 Å². The molecule has 0 saturated heterocycles. The van der Waals surface area contributed by atoms with Crippen molar-refractivity contribution < 1.29 is 104 Å². The molecule has 0 amide bonds. The average molecular weight is 352 g/mol. The van der Waals surface area contributed by atoms with Gasteiger partial charge in [0.2, 0.25) is 0 Å². The van der Waals surface area contributed by atoms with E-state index >= 15 is 0 Å². The SMILES string of the molecule is O=S(=O)([O-])CC(F)(F)C(F)(F)C(F)(F)C(F)(F)F.[K+]. The standard InChI is InChI=1S/C5H3F9O3S.K/c6-2(7,1-18(15,16)17)3(8,9)4(10,11)5(12,13)14;/h1H2,(H,15,16,17);/q;+1/p-1. The molecule has 0 aliphatic carbocycles. The van der Waals surface area contributed by atoms with Gasteiger partial charge in [-0.05, 0) is 0 Å². The molecular formula is C5H2F9KO3S. The van der Waals surface area contributed by atoms with Crippen molar-refractivity contribution >= 4 is 10.1 Å². The second kappa shape index (κ2) is 5.96. The Kier molecular flexibility index (Phi) is 6.97. The fraction of sp³-hybridized carbons (Fsp3) is 1.00. The minimum atomic E-state index is -7.20. The Morgan fingerprint density at radius 2 is 1.11 bits per heavy atom. The van der Waals surface area contributed by atoms with Crippen molar-refractivity contribution in [2.75, 3.05) is 5.75 Å². The van der Waals surface area contributed by atoms with E-state index < -0.39 is 39.8 Å². The van der Waals surface area contributed by atoms with Crippen molar-refractivity contribution in [3.63, 3.8) is 0 Å². The molecular weight excluding hydrogens is 350 g/mol. The van der Waals surface area contributed by atoms with Crippen LogP contribution in [0.1, 0.15) is 0 Å². The van der Waals surface area contributed by atoms with E-state index in [2.05, 4.69) is 0 Å². The Morgan fingerprint density at radius 3 is 1.32 bits per heavy atom. The summed E-state index contributed by atoms with van der Waals surface area (Å²) in [7, 11) is -6.15. The Labute approximate surface area is 142 Å². The van der Waals surface area contributed by atoms with Crippen molar-refractivity contribution in [1.29, 1.82) is 0 Å². The minimum absolute atomic E-state index is 0. The summed E-state index contributed by atoms with van der Waals surface area (Å²) >= 11 is 0. The molecule has 0 heterocycles. The maximum atomic E-state index is 12.4. The smallest absolute Gasteiger partial charge is 0.748 e. The van der Waals surface area contributed by atoms with Gasteiger partial charge in [-0.15, -0.1) is 0 Å². The van der Waals surface area contributed by atoms with Gasteiger partial charge in [0.25, 0.3) is 0 Å². The topological polar surface area (TPSA) is 57.2 Å². The summed E-state index contributed by atoms with van der Waals surface area (Å²) in [5.41, 5.74) is 0. The largest absolute Gasteiger partial charge is 1.00 e. The number of alkyl halides is 9. The van der Waals surface area contributed by atoms with Crippen LogP contribution in [0.15, 0.2) is 0 Å². The third-order valence-electron chi connectivity index (χ3n) is 1.57. The number of hydrogen-bond acceptors (Lipinski definition) is 3. The summed E-state index contributed by atoms with van der Waals surface area (Å²) in [6.07, 6.45) is -7.05. The van der Waals surface area contributed by atoms with Crippen LogP contribution in [0.5, 0.6) is 0 Å². The van der Waals surface area contributed by atoms with Crippen LogP contribution in [0.3, 0.4) is 0 Å². The monoisotopic (exact) mass is 352 g/mol. The first-order chi connectivity index (χ1) is 7.46. The zero-order valence-corrected chi connectivity index (χ0v) is 12.7. The van der Waals surface area contributed by atoms with Gasteiger partial charge in [-0.25, -0.2) is 8.42 Å². The Bertz CT molecular complexity index is 414. The van der Waals surface area contributed by atoms with Crippen LogP contribution in [-0.4, -0.2) is 42.7 Å². The molecule has 110 valence electrons. The molecule has 14 heteroatoms. The second-order valence-electron chi connectivity index (χ2n) is 3.05. The molecule has 0 aliphatic rings. The number of halogens is 9. The van der Waals surface area contributed by atoms with Crippen LogP contribution < -0.4 is 51.4 Å². The maximum absolute atomic E-state index is 12.4. The van der Waals surface area contributed by atoms with E-state index in [1.807, 2.05) is 0 Å². The van der Waals surface area contributed by atoms with Crippen LogP contribution in [0.4, 0.5) is 39.5 Å². The summed E-state index contributed by atoms with van der Waals surface area (Å²) < 4.78 is 138. The first-order valence-corrected chi connectivity index (χ1v) is 5.17. The molecule has 3 nitrogen and oxygen atoms in total. The van der Waals surface area contributed by atoms with E-state index in [4.69, 9.17) is 0 Å². The van der Waals surface area contributed by atoms with Gasteiger partial charge in [-0.3, -0.25) is 0 Å². The van der Waals surface area contributed by atoms with Gasteiger partial charge in [0.05, 0.1) is 0 Å². The summed E-state index contributed by atoms with van der Waals surface area (Å²) in [4.78, 5) is 0. The molecule has 0 saturated carbocycles. The predicted molar refractivity (Wildman–Crippen MR) is 35.5 cm³/mol. The molecule has 0 aromatic rings. The van der Waals surface area contributed by atoms with Crippen LogP contribution in [0.2, 0.25) is 0 Å². The fourth-order valence-electron chi connectivity index (χ4n) is 0.720. The number of hydrogen-bond donors (Lipinski definition) is 0. The summed E-state index contributed by atoms with van der Waals surface area (Å²) in [5.74, 6) is -24.1. The van der Waals surface area contributed by atoms with Crippen LogP contribution in [0, 0.1) is 0 Å². The van der Waals surface area contributed by atoms with Crippen LogP contribution in [-0.2, 0) is 10.1 Å². The van der Waals surface area contributed by atoms with E-state index in [0.29, 0.717) is 0 Å². The molecule has 0 atom stereocenters. The fourth-order valence-corrected chi connectivity index (χ4v) is 1.35. The molecule has 0 spiro atoms. The molecule has 0 aromatic heterocycles. The Hall–Kier alpha value is 0.916. The first-order valence-electron chi connectivity index (χ1n) is 3.59. The molecule has 0 aliphatic heterocycles. The molecule has 0 rings (SSSR count). The zero-order valence-electron chi connectivity index (χ0n) is 8.74. The Balaban J connectivity index is 0. The molecule has 0 bridgehead atoms. The van der Waals surface area contributed by atoms with Crippen molar-refractivity contribution in [1.82, 2.24) is 0 Å². The van der Waals surface area contributed by atoms with Crippen molar-refractivity contribution in [3.8, 4) is 0 Å². The van der Waals surface area contributed by atoms with E-state index in [-0.39, 0.29) is 51.4 Å². The van der Waals surface area contributed by atoms with Gasteiger partial charge in [0.1, 0.15) is 15.9 Å². The molecule has 0 fully saturated rings. The van der Waals surface area contributed by atoms with Gasteiger partial charge in [-0.1, -0.05) is 0 Å². The van der Waals surface area contributed by atoms with E-state index in [9.17, 15) is 52.5 Å². The molecule has 0 unspecified atom stereocenters. The molecule has 0 aromatic carbocycles. The van der Waals surface area contributed by atoms with E-state index in [0.717, 1.165) is 0 Å². The van der Waals surface area contributed by atoms with Crippen molar-refractivity contribution in [3.05, 3.63) is 0 Å². The minimum Gasteiger partial charge on any atom is -0.748 e. The van der Waals surface area contributed by atoms with Crippen LogP contribution >= 0.6 is 0 Å². The van der Waals surface area contributed by atoms with Gasteiger partial charge < -0.3 is 4.55 Å².